The fourth-order valence-corrected chi connectivity index (χ4v) is 2.25. The number of hydrogen-bond donors (Lipinski definition) is 1. The zero-order chi connectivity index (χ0) is 13.1. The maximum atomic E-state index is 5.71. The topological polar surface area (TPSA) is 50.3 Å². The van der Waals surface area contributed by atoms with Crippen molar-refractivity contribution in [2.45, 2.75) is 6.10 Å². The van der Waals surface area contributed by atoms with Gasteiger partial charge in [-0.2, -0.15) is 0 Å². The van der Waals surface area contributed by atoms with Gasteiger partial charge in [-0.3, -0.25) is 4.98 Å². The third-order valence-corrected chi connectivity index (χ3v) is 3.30. The molecule has 1 N–H and O–H groups in total. The Labute approximate surface area is 112 Å². The Bertz CT molecular complexity index is 560. The van der Waals surface area contributed by atoms with Crippen molar-refractivity contribution in [3.63, 3.8) is 0 Å². The number of nitrogens with one attached hydrogen (secondary N) is 1. The van der Waals surface area contributed by atoms with Crippen LogP contribution in [-0.2, 0) is 4.74 Å². The smallest absolute Gasteiger partial charge is 0.145 e. The molecule has 1 fully saturated rings. The highest BCUT2D eigenvalue weighted by molar-refractivity contribution is 5.75. The number of aromatic nitrogens is 2. The van der Waals surface area contributed by atoms with Crippen LogP contribution in [0.4, 0.5) is 5.82 Å². The molecule has 1 aliphatic heterocycles. The number of ether oxygens (including phenoxy) is 1. The van der Waals surface area contributed by atoms with E-state index in [4.69, 9.17) is 4.74 Å². The second-order valence-electron chi connectivity index (χ2n) is 4.88. The highest BCUT2D eigenvalue weighted by Crippen LogP contribution is 2.12. The van der Waals surface area contributed by atoms with Gasteiger partial charge in [0, 0.05) is 19.6 Å². The van der Waals surface area contributed by atoms with E-state index in [0.29, 0.717) is 0 Å². The van der Waals surface area contributed by atoms with Gasteiger partial charge in [0.05, 0.1) is 29.9 Å². The Morgan fingerprint density at radius 2 is 2.21 bits per heavy atom. The molecule has 1 atom stereocenters. The van der Waals surface area contributed by atoms with Gasteiger partial charge in [0.2, 0.25) is 0 Å². The normalized spacial score (nSPS) is 20.6. The molecule has 0 saturated carbocycles. The Hall–Kier alpha value is -1.72. The predicted molar refractivity (Wildman–Crippen MR) is 75.3 cm³/mol. The summed E-state index contributed by atoms with van der Waals surface area (Å²) in [6.07, 6.45) is 1.99. The van der Waals surface area contributed by atoms with E-state index in [-0.39, 0.29) is 6.10 Å². The fraction of sp³-hybridized carbons (Fsp3) is 0.429. The van der Waals surface area contributed by atoms with Gasteiger partial charge in [-0.15, -0.1) is 0 Å². The Morgan fingerprint density at radius 1 is 1.37 bits per heavy atom. The molecule has 0 amide bonds. The molecule has 1 saturated heterocycles. The Balaban J connectivity index is 1.64. The lowest BCUT2D eigenvalue weighted by atomic mass is 10.3. The monoisotopic (exact) mass is 258 g/mol. The van der Waals surface area contributed by atoms with E-state index in [1.165, 1.54) is 0 Å². The lowest BCUT2D eigenvalue weighted by Gasteiger charge is -2.30. The Kier molecular flexibility index (Phi) is 3.57. The summed E-state index contributed by atoms with van der Waals surface area (Å²) in [5.41, 5.74) is 1.83. The highest BCUT2D eigenvalue weighted by atomic mass is 16.5. The third-order valence-electron chi connectivity index (χ3n) is 3.30. The summed E-state index contributed by atoms with van der Waals surface area (Å²) in [6, 6.07) is 7.87. The van der Waals surface area contributed by atoms with Gasteiger partial charge in [0.1, 0.15) is 5.82 Å². The van der Waals surface area contributed by atoms with Crippen LogP contribution in [0.3, 0.4) is 0 Å². The summed E-state index contributed by atoms with van der Waals surface area (Å²) < 4.78 is 5.71. The van der Waals surface area contributed by atoms with Crippen molar-refractivity contribution in [2.24, 2.45) is 0 Å². The zero-order valence-electron chi connectivity index (χ0n) is 11.0. The van der Waals surface area contributed by atoms with Crippen molar-refractivity contribution in [3.8, 4) is 0 Å². The van der Waals surface area contributed by atoms with E-state index < -0.39 is 0 Å². The molecule has 5 nitrogen and oxygen atoms in total. The molecule has 19 heavy (non-hydrogen) atoms. The summed E-state index contributed by atoms with van der Waals surface area (Å²) in [7, 11) is 2.12. The number of likely N-dealkylation sites (N-methyl/N-ethyl adjacent to an activating group) is 1. The van der Waals surface area contributed by atoms with Crippen molar-refractivity contribution >= 4 is 16.9 Å². The molecular formula is C14H18N4O. The molecule has 2 heterocycles. The van der Waals surface area contributed by atoms with Gasteiger partial charge < -0.3 is 15.0 Å². The van der Waals surface area contributed by atoms with Gasteiger partial charge in [0.15, 0.2) is 0 Å². The first kappa shape index (κ1) is 12.3. The summed E-state index contributed by atoms with van der Waals surface area (Å²) in [5.74, 6) is 0.801. The Morgan fingerprint density at radius 3 is 3.05 bits per heavy atom. The number of fused-ring (bicyclic) bond motifs is 1. The van der Waals surface area contributed by atoms with E-state index >= 15 is 0 Å². The maximum absolute atomic E-state index is 5.71. The van der Waals surface area contributed by atoms with Gasteiger partial charge in [-0.1, -0.05) is 12.1 Å². The third kappa shape index (κ3) is 3.00. The molecule has 0 spiro atoms. The lowest BCUT2D eigenvalue weighted by Crippen LogP contribution is -2.43. The molecule has 0 bridgehead atoms. The number of nitrogens with zero attached hydrogens (tertiary/aromatic N) is 3. The van der Waals surface area contributed by atoms with Crippen LogP contribution in [-0.4, -0.2) is 54.3 Å². The van der Waals surface area contributed by atoms with Crippen LogP contribution in [0.5, 0.6) is 0 Å². The number of rotatable bonds is 3. The van der Waals surface area contributed by atoms with Gasteiger partial charge in [-0.05, 0) is 19.2 Å². The van der Waals surface area contributed by atoms with Crippen molar-refractivity contribution < 1.29 is 4.74 Å². The maximum Gasteiger partial charge on any atom is 0.145 e. The number of benzene rings is 1. The van der Waals surface area contributed by atoms with Gasteiger partial charge in [0.25, 0.3) is 0 Å². The summed E-state index contributed by atoms with van der Waals surface area (Å²) in [6.45, 7) is 3.52. The first-order valence-electron chi connectivity index (χ1n) is 6.57. The summed E-state index contributed by atoms with van der Waals surface area (Å²) >= 11 is 0. The van der Waals surface area contributed by atoms with Crippen molar-refractivity contribution in [1.29, 1.82) is 0 Å². The minimum atomic E-state index is 0.215. The number of anilines is 1. The van der Waals surface area contributed by atoms with Crippen molar-refractivity contribution in [2.75, 3.05) is 38.6 Å². The average molecular weight is 258 g/mol. The van der Waals surface area contributed by atoms with Crippen LogP contribution in [0.25, 0.3) is 11.0 Å². The second-order valence-corrected chi connectivity index (χ2v) is 4.88. The number of hydrogen-bond acceptors (Lipinski definition) is 5. The molecular weight excluding hydrogens is 240 g/mol. The molecule has 0 aliphatic carbocycles. The second kappa shape index (κ2) is 5.50. The molecule has 1 aromatic heterocycles. The fourth-order valence-electron chi connectivity index (χ4n) is 2.25. The molecule has 5 heteroatoms. The van der Waals surface area contributed by atoms with Crippen LogP contribution >= 0.6 is 0 Å². The molecule has 1 unspecified atom stereocenters. The van der Waals surface area contributed by atoms with Crippen LogP contribution in [0.1, 0.15) is 0 Å². The highest BCUT2D eigenvalue weighted by Gasteiger charge is 2.17. The van der Waals surface area contributed by atoms with E-state index in [9.17, 15) is 0 Å². The van der Waals surface area contributed by atoms with Crippen molar-refractivity contribution in [3.05, 3.63) is 30.5 Å². The molecule has 2 aromatic rings. The number of para-hydroxylation sites is 2. The minimum Gasteiger partial charge on any atom is -0.374 e. The molecule has 3 rings (SSSR count). The largest absolute Gasteiger partial charge is 0.374 e. The average Bonchev–Trinajstić information content (AvgIpc) is 2.45. The predicted octanol–water partition coefficient (Wildman–Crippen LogP) is 1.37. The van der Waals surface area contributed by atoms with Gasteiger partial charge in [-0.25, -0.2) is 4.98 Å². The van der Waals surface area contributed by atoms with E-state index in [1.807, 2.05) is 24.3 Å². The van der Waals surface area contributed by atoms with Crippen molar-refractivity contribution in [1.82, 2.24) is 14.9 Å². The van der Waals surface area contributed by atoms with Crippen LogP contribution in [0.15, 0.2) is 30.5 Å². The molecule has 100 valence electrons. The first-order valence-corrected chi connectivity index (χ1v) is 6.57. The minimum absolute atomic E-state index is 0.215. The standard InChI is InChI=1S/C14H18N4O/c1-18-6-7-19-11(10-18)8-16-14-9-15-12-4-2-3-5-13(12)17-14/h2-5,9,11H,6-8,10H2,1H3,(H,16,17). The zero-order valence-corrected chi connectivity index (χ0v) is 11.0. The molecule has 0 radical (unpaired) electrons. The first-order chi connectivity index (χ1) is 9.31. The van der Waals surface area contributed by atoms with Crippen LogP contribution < -0.4 is 5.32 Å². The van der Waals surface area contributed by atoms with Crippen LogP contribution in [0, 0.1) is 0 Å². The summed E-state index contributed by atoms with van der Waals surface area (Å²) in [4.78, 5) is 11.2. The van der Waals surface area contributed by atoms with E-state index in [1.54, 1.807) is 6.20 Å². The van der Waals surface area contributed by atoms with Gasteiger partial charge >= 0.3 is 0 Å². The quantitative estimate of drug-likeness (QED) is 0.901. The van der Waals surface area contributed by atoms with Crippen LogP contribution in [0.2, 0.25) is 0 Å². The van der Waals surface area contributed by atoms with E-state index in [2.05, 4.69) is 27.2 Å². The molecule has 1 aromatic carbocycles. The van der Waals surface area contributed by atoms with E-state index in [0.717, 1.165) is 43.1 Å². The molecule has 1 aliphatic rings. The number of morpholine rings is 1. The SMILES string of the molecule is CN1CCOC(CNc2cnc3ccccc3n2)C1. The lowest BCUT2D eigenvalue weighted by molar-refractivity contribution is -0.0117. The summed E-state index contributed by atoms with van der Waals surface area (Å²) in [5, 5.41) is 3.30.